The Morgan fingerprint density at radius 3 is 2.65 bits per heavy atom. The molecule has 1 aromatic rings. The lowest BCUT2D eigenvalue weighted by molar-refractivity contribution is -0.116. The van der Waals surface area contributed by atoms with Crippen molar-refractivity contribution in [2.24, 2.45) is 0 Å². The fraction of sp³-hybridized carbons (Fsp3) is 0.412. The first kappa shape index (κ1) is 17.5. The van der Waals surface area contributed by atoms with Gasteiger partial charge in [0.2, 0.25) is 0 Å². The lowest BCUT2D eigenvalue weighted by Gasteiger charge is -2.37. The van der Waals surface area contributed by atoms with Crippen molar-refractivity contribution >= 4 is 23.7 Å². The summed E-state index contributed by atoms with van der Waals surface area (Å²) in [5.41, 5.74) is 1.67. The van der Waals surface area contributed by atoms with Crippen LogP contribution in [0.1, 0.15) is 17.9 Å². The second-order valence-electron chi connectivity index (χ2n) is 5.86. The molecule has 5 nitrogen and oxygen atoms in total. The second-order valence-corrected chi connectivity index (χ2v) is 6.23. The minimum atomic E-state index is -0.388. The summed E-state index contributed by atoms with van der Waals surface area (Å²) in [5, 5.41) is 13.3. The van der Waals surface area contributed by atoms with Crippen LogP contribution in [0.5, 0.6) is 0 Å². The molecule has 0 radical (unpaired) electrons. The van der Waals surface area contributed by atoms with Gasteiger partial charge in [0.25, 0.3) is 5.91 Å². The van der Waals surface area contributed by atoms with Gasteiger partial charge in [0.05, 0.1) is 5.70 Å². The van der Waals surface area contributed by atoms with Crippen molar-refractivity contribution < 1.29 is 4.79 Å². The Kier molecular flexibility index (Phi) is 6.19. The second kappa shape index (κ2) is 8.13. The van der Waals surface area contributed by atoms with Gasteiger partial charge in [0.1, 0.15) is 5.03 Å². The quantitative estimate of drug-likeness (QED) is 0.569. The molecule has 1 aromatic carbocycles. The van der Waals surface area contributed by atoms with Crippen LogP contribution < -0.4 is 10.6 Å². The average Bonchev–Trinajstić information content (AvgIpc) is 2.58. The van der Waals surface area contributed by atoms with E-state index in [0.29, 0.717) is 11.6 Å². The van der Waals surface area contributed by atoms with Crippen LogP contribution >= 0.6 is 11.6 Å². The Morgan fingerprint density at radius 1 is 1.35 bits per heavy atom. The van der Waals surface area contributed by atoms with Crippen molar-refractivity contribution in [3.05, 3.63) is 46.6 Å². The Balaban J connectivity index is 2.13. The standard InChI is InChI=1S/C17H23ClN4O/c1-20-17(23)16(18)15(9-19)21-14-8-13(10-22(2)11-14)12-6-4-3-5-7-12/h3-7,9,13-14,19,21H,8,10-11H2,1-2H3,(H,20,23)/b16-15-,19-9?. The van der Waals surface area contributed by atoms with Crippen molar-refractivity contribution in [3.63, 3.8) is 0 Å². The number of nitrogens with one attached hydrogen (secondary N) is 3. The van der Waals surface area contributed by atoms with Crippen molar-refractivity contribution in [3.8, 4) is 0 Å². The molecule has 2 atom stereocenters. The van der Waals surface area contributed by atoms with Crippen LogP contribution in [0, 0.1) is 5.41 Å². The maximum absolute atomic E-state index is 11.6. The van der Waals surface area contributed by atoms with Crippen molar-refractivity contribution in [2.45, 2.75) is 18.4 Å². The predicted octanol–water partition coefficient (Wildman–Crippen LogP) is 1.91. The zero-order valence-electron chi connectivity index (χ0n) is 13.5. The molecule has 2 unspecified atom stereocenters. The fourth-order valence-electron chi connectivity index (χ4n) is 3.01. The van der Waals surface area contributed by atoms with E-state index >= 15 is 0 Å². The highest BCUT2D eigenvalue weighted by Gasteiger charge is 2.27. The summed E-state index contributed by atoms with van der Waals surface area (Å²) < 4.78 is 0. The summed E-state index contributed by atoms with van der Waals surface area (Å²) in [5.74, 6) is 0.0275. The number of likely N-dealkylation sites (N-methyl/N-ethyl adjacent to an activating group) is 2. The lowest BCUT2D eigenvalue weighted by atomic mass is 9.88. The van der Waals surface area contributed by atoms with E-state index in [1.165, 1.54) is 12.6 Å². The van der Waals surface area contributed by atoms with E-state index in [9.17, 15) is 4.79 Å². The van der Waals surface area contributed by atoms with E-state index in [1.807, 2.05) is 6.07 Å². The Hall–Kier alpha value is -1.85. The minimum Gasteiger partial charge on any atom is -0.378 e. The molecule has 1 saturated heterocycles. The number of halogens is 1. The highest BCUT2D eigenvalue weighted by molar-refractivity contribution is 6.43. The molecule has 0 aliphatic carbocycles. The molecule has 1 heterocycles. The van der Waals surface area contributed by atoms with E-state index < -0.39 is 0 Å². The van der Waals surface area contributed by atoms with Gasteiger partial charge in [0.15, 0.2) is 0 Å². The summed E-state index contributed by atoms with van der Waals surface area (Å²) in [6.07, 6.45) is 2.04. The van der Waals surface area contributed by atoms with Gasteiger partial charge < -0.3 is 20.9 Å². The van der Waals surface area contributed by atoms with E-state index in [2.05, 4.69) is 46.8 Å². The largest absolute Gasteiger partial charge is 0.378 e. The molecule has 0 aromatic heterocycles. The summed E-state index contributed by atoms with van der Waals surface area (Å²) in [6, 6.07) is 10.5. The van der Waals surface area contributed by atoms with Gasteiger partial charge >= 0.3 is 0 Å². The van der Waals surface area contributed by atoms with Crippen LogP contribution in [0.15, 0.2) is 41.1 Å². The van der Waals surface area contributed by atoms with Gasteiger partial charge in [-0.1, -0.05) is 41.9 Å². The van der Waals surface area contributed by atoms with Crippen molar-refractivity contribution in [2.75, 3.05) is 27.2 Å². The topological polar surface area (TPSA) is 68.2 Å². The summed E-state index contributed by atoms with van der Waals surface area (Å²) in [4.78, 5) is 13.9. The number of hydrogen-bond acceptors (Lipinski definition) is 4. The molecule has 0 saturated carbocycles. The number of carbonyl (C=O) groups is 1. The zero-order valence-corrected chi connectivity index (χ0v) is 14.2. The maximum Gasteiger partial charge on any atom is 0.264 e. The van der Waals surface area contributed by atoms with Crippen LogP contribution in [0.25, 0.3) is 0 Å². The van der Waals surface area contributed by atoms with E-state index in [4.69, 9.17) is 17.0 Å². The van der Waals surface area contributed by atoms with Gasteiger partial charge in [-0.15, -0.1) is 0 Å². The molecule has 1 aliphatic heterocycles. The molecular weight excluding hydrogens is 312 g/mol. The molecule has 1 amide bonds. The Morgan fingerprint density at radius 2 is 2.04 bits per heavy atom. The number of benzene rings is 1. The number of nitrogens with zero attached hydrogens (tertiary/aromatic N) is 1. The van der Waals surface area contributed by atoms with Crippen molar-refractivity contribution in [1.29, 1.82) is 5.41 Å². The first-order chi connectivity index (χ1) is 11.0. The van der Waals surface area contributed by atoms with Gasteiger partial charge in [-0.3, -0.25) is 4.79 Å². The van der Waals surface area contributed by atoms with Gasteiger partial charge in [0, 0.05) is 32.4 Å². The fourth-order valence-corrected chi connectivity index (χ4v) is 3.21. The molecule has 6 heteroatoms. The van der Waals surface area contributed by atoms with Crippen LogP contribution in [0.2, 0.25) is 0 Å². The van der Waals surface area contributed by atoms with Gasteiger partial charge in [-0.25, -0.2) is 0 Å². The normalized spacial score (nSPS) is 22.9. The molecule has 0 spiro atoms. The first-order valence-electron chi connectivity index (χ1n) is 7.67. The number of amides is 1. The molecule has 124 valence electrons. The van der Waals surface area contributed by atoms with E-state index in [1.54, 1.807) is 0 Å². The molecular formula is C17H23ClN4O. The third-order valence-electron chi connectivity index (χ3n) is 4.07. The Labute approximate surface area is 142 Å². The molecule has 1 fully saturated rings. The molecule has 23 heavy (non-hydrogen) atoms. The number of piperidine rings is 1. The first-order valence-corrected chi connectivity index (χ1v) is 8.05. The van der Waals surface area contributed by atoms with Crippen LogP contribution in [-0.4, -0.2) is 50.2 Å². The number of likely N-dealkylation sites (tertiary alicyclic amines) is 1. The minimum absolute atomic E-state index is 0.0204. The van der Waals surface area contributed by atoms with Crippen LogP contribution in [0.3, 0.4) is 0 Å². The molecule has 1 aliphatic rings. The molecule has 0 bridgehead atoms. The van der Waals surface area contributed by atoms with Crippen LogP contribution in [0.4, 0.5) is 0 Å². The lowest BCUT2D eigenvalue weighted by Crippen LogP contribution is -2.47. The van der Waals surface area contributed by atoms with Gasteiger partial charge in [-0.05, 0) is 24.9 Å². The van der Waals surface area contributed by atoms with Crippen molar-refractivity contribution in [1.82, 2.24) is 15.5 Å². The predicted molar refractivity (Wildman–Crippen MR) is 94.0 cm³/mol. The summed E-state index contributed by atoms with van der Waals surface area (Å²) in [7, 11) is 3.60. The van der Waals surface area contributed by atoms with Crippen LogP contribution in [-0.2, 0) is 4.79 Å². The number of hydrogen-bond donors (Lipinski definition) is 3. The zero-order chi connectivity index (χ0) is 16.8. The smallest absolute Gasteiger partial charge is 0.264 e. The SMILES string of the molecule is CNC(=O)/C(Cl)=C(\C=N)NC1CC(c2ccccc2)CN(C)C1. The molecule has 3 N–H and O–H groups in total. The number of rotatable bonds is 5. The number of carbonyl (C=O) groups excluding carboxylic acids is 1. The molecule has 2 rings (SSSR count). The van der Waals surface area contributed by atoms with Gasteiger partial charge in [-0.2, -0.15) is 0 Å². The van der Waals surface area contributed by atoms with E-state index in [0.717, 1.165) is 25.7 Å². The maximum atomic E-state index is 11.6. The number of allylic oxidation sites excluding steroid dienone is 1. The monoisotopic (exact) mass is 334 g/mol. The third-order valence-corrected chi connectivity index (χ3v) is 4.45. The Bertz CT molecular complexity index is 588. The van der Waals surface area contributed by atoms with E-state index in [-0.39, 0.29) is 17.0 Å². The highest BCUT2D eigenvalue weighted by Crippen LogP contribution is 2.26. The highest BCUT2D eigenvalue weighted by atomic mass is 35.5. The summed E-state index contributed by atoms with van der Waals surface area (Å²) in [6.45, 7) is 1.84. The summed E-state index contributed by atoms with van der Waals surface area (Å²) >= 11 is 6.05. The third kappa shape index (κ3) is 4.56. The average molecular weight is 335 g/mol.